The van der Waals surface area contributed by atoms with Crippen LogP contribution in [0.5, 0.6) is 5.75 Å². The van der Waals surface area contributed by atoms with Gasteiger partial charge < -0.3 is 4.74 Å². The number of para-hydroxylation sites is 1. The minimum Gasteiger partial charge on any atom is -0.483 e. The molecule has 0 bridgehead atoms. The molecule has 2 rings (SSSR count). The van der Waals surface area contributed by atoms with E-state index in [9.17, 15) is 14.9 Å². The summed E-state index contributed by atoms with van der Waals surface area (Å²) >= 11 is 0. The molecule has 0 heterocycles. The molecule has 0 aromatic heterocycles. The highest BCUT2D eigenvalue weighted by atomic mass is 16.6. The van der Waals surface area contributed by atoms with Crippen LogP contribution < -0.4 is 10.2 Å². The lowest BCUT2D eigenvalue weighted by molar-refractivity contribution is -0.384. The monoisotopic (exact) mass is 339 g/mol. The number of hydrazone groups is 1. The van der Waals surface area contributed by atoms with Crippen molar-refractivity contribution in [3.05, 3.63) is 82.4 Å². The van der Waals surface area contributed by atoms with E-state index in [-0.39, 0.29) is 12.3 Å². The fourth-order valence-corrected chi connectivity index (χ4v) is 2.04. The molecule has 25 heavy (non-hydrogen) atoms. The number of nitro benzene ring substituents is 1. The first-order valence-corrected chi connectivity index (χ1v) is 7.48. The zero-order valence-corrected chi connectivity index (χ0v) is 13.4. The molecule has 0 aliphatic carbocycles. The Kier molecular flexibility index (Phi) is 6.41. The number of amides is 1. The maximum absolute atomic E-state index is 11.8. The highest BCUT2D eigenvalue weighted by molar-refractivity contribution is 5.83. The van der Waals surface area contributed by atoms with Crippen molar-refractivity contribution in [3.8, 4) is 5.75 Å². The summed E-state index contributed by atoms with van der Waals surface area (Å²) in [5, 5.41) is 14.5. The molecule has 7 heteroatoms. The Morgan fingerprint density at radius 3 is 2.84 bits per heavy atom. The van der Waals surface area contributed by atoms with Gasteiger partial charge in [0, 0.05) is 17.7 Å². The number of nitrogens with one attached hydrogen (secondary N) is 1. The molecule has 0 aliphatic rings. The Balaban J connectivity index is 1.88. The van der Waals surface area contributed by atoms with Gasteiger partial charge in [0.2, 0.25) is 0 Å². The maximum atomic E-state index is 11.8. The highest BCUT2D eigenvalue weighted by Gasteiger charge is 2.06. The van der Waals surface area contributed by atoms with Crippen molar-refractivity contribution in [2.45, 2.75) is 6.42 Å². The van der Waals surface area contributed by atoms with Crippen LogP contribution in [0, 0.1) is 10.1 Å². The molecule has 0 radical (unpaired) electrons. The molecule has 0 saturated carbocycles. The van der Waals surface area contributed by atoms with E-state index in [1.165, 1.54) is 18.3 Å². The minimum atomic E-state index is -0.496. The largest absolute Gasteiger partial charge is 0.483 e. The zero-order valence-electron chi connectivity index (χ0n) is 13.4. The number of allylic oxidation sites excluding steroid dienone is 1. The SMILES string of the molecule is C=CCc1ccccc1OCC(=O)N/N=C\c1cccc([N+](=O)[O-])c1. The molecule has 0 atom stereocenters. The van der Waals surface area contributed by atoms with Crippen LogP contribution in [0.3, 0.4) is 0 Å². The lowest BCUT2D eigenvalue weighted by atomic mass is 10.1. The Morgan fingerprint density at radius 1 is 1.28 bits per heavy atom. The van der Waals surface area contributed by atoms with Crippen molar-refractivity contribution >= 4 is 17.8 Å². The van der Waals surface area contributed by atoms with Gasteiger partial charge in [-0.2, -0.15) is 5.10 Å². The first-order chi connectivity index (χ1) is 12.1. The van der Waals surface area contributed by atoms with Crippen molar-refractivity contribution in [3.63, 3.8) is 0 Å². The summed E-state index contributed by atoms with van der Waals surface area (Å²) in [6, 6.07) is 13.3. The van der Waals surface area contributed by atoms with E-state index >= 15 is 0 Å². The third kappa shape index (κ3) is 5.58. The lowest BCUT2D eigenvalue weighted by Crippen LogP contribution is -2.24. The zero-order chi connectivity index (χ0) is 18.1. The standard InChI is InChI=1S/C18H17N3O4/c1-2-6-15-8-3-4-10-17(15)25-13-18(22)20-19-12-14-7-5-9-16(11-14)21(23)24/h2-5,7-12H,1,6,13H2,(H,20,22)/b19-12-. The van der Waals surface area contributed by atoms with Crippen LogP contribution in [0.2, 0.25) is 0 Å². The van der Waals surface area contributed by atoms with E-state index in [1.54, 1.807) is 24.3 Å². The molecule has 2 aromatic carbocycles. The Hall–Kier alpha value is -3.48. The van der Waals surface area contributed by atoms with Gasteiger partial charge in [0.15, 0.2) is 6.61 Å². The van der Waals surface area contributed by atoms with Crippen LogP contribution in [0.4, 0.5) is 5.69 Å². The van der Waals surface area contributed by atoms with E-state index < -0.39 is 10.8 Å². The van der Waals surface area contributed by atoms with Gasteiger partial charge in [0.25, 0.3) is 11.6 Å². The molecule has 7 nitrogen and oxygen atoms in total. The van der Waals surface area contributed by atoms with Crippen molar-refractivity contribution < 1.29 is 14.5 Å². The molecular formula is C18H17N3O4. The molecule has 0 fully saturated rings. The van der Waals surface area contributed by atoms with Gasteiger partial charge in [-0.05, 0) is 18.1 Å². The topological polar surface area (TPSA) is 93.8 Å². The quantitative estimate of drug-likeness (QED) is 0.346. The van der Waals surface area contributed by atoms with E-state index in [0.717, 1.165) is 5.56 Å². The van der Waals surface area contributed by atoms with Gasteiger partial charge in [0.1, 0.15) is 5.75 Å². The van der Waals surface area contributed by atoms with E-state index in [2.05, 4.69) is 17.1 Å². The Bertz CT molecular complexity index is 802. The number of hydrogen-bond donors (Lipinski definition) is 1. The van der Waals surface area contributed by atoms with Gasteiger partial charge in [-0.25, -0.2) is 5.43 Å². The third-order valence-electron chi connectivity index (χ3n) is 3.18. The first kappa shape index (κ1) is 17.9. The van der Waals surface area contributed by atoms with Crippen LogP contribution >= 0.6 is 0 Å². The molecule has 2 aromatic rings. The van der Waals surface area contributed by atoms with Gasteiger partial charge >= 0.3 is 0 Å². The Morgan fingerprint density at radius 2 is 2.08 bits per heavy atom. The van der Waals surface area contributed by atoms with Crippen molar-refractivity contribution in [1.82, 2.24) is 5.43 Å². The molecule has 1 amide bonds. The third-order valence-corrected chi connectivity index (χ3v) is 3.18. The van der Waals surface area contributed by atoms with E-state index in [1.807, 2.05) is 18.2 Å². The van der Waals surface area contributed by atoms with E-state index in [4.69, 9.17) is 4.74 Å². The minimum absolute atomic E-state index is 0.0440. The second-order valence-corrected chi connectivity index (χ2v) is 5.03. The van der Waals surface area contributed by atoms with Gasteiger partial charge in [-0.15, -0.1) is 6.58 Å². The van der Waals surface area contributed by atoms with Crippen LogP contribution in [-0.4, -0.2) is 23.7 Å². The van der Waals surface area contributed by atoms with E-state index in [0.29, 0.717) is 17.7 Å². The van der Waals surface area contributed by atoms with Crippen molar-refractivity contribution in [1.29, 1.82) is 0 Å². The molecule has 128 valence electrons. The second kappa shape index (κ2) is 8.97. The summed E-state index contributed by atoms with van der Waals surface area (Å²) in [4.78, 5) is 22.0. The summed E-state index contributed by atoms with van der Waals surface area (Å²) in [5.41, 5.74) is 3.71. The Labute approximate surface area is 144 Å². The fourth-order valence-electron chi connectivity index (χ4n) is 2.04. The van der Waals surface area contributed by atoms with Crippen molar-refractivity contribution in [2.75, 3.05) is 6.61 Å². The molecule has 0 aliphatic heterocycles. The first-order valence-electron chi connectivity index (χ1n) is 7.48. The van der Waals surface area contributed by atoms with Crippen LogP contribution in [0.15, 0.2) is 66.3 Å². The van der Waals surface area contributed by atoms with Gasteiger partial charge in [-0.1, -0.05) is 36.4 Å². The highest BCUT2D eigenvalue weighted by Crippen LogP contribution is 2.18. The number of hydrogen-bond acceptors (Lipinski definition) is 5. The molecular weight excluding hydrogens is 322 g/mol. The number of benzene rings is 2. The number of nitro groups is 1. The summed E-state index contributed by atoms with van der Waals surface area (Å²) in [5.74, 6) is 0.176. The van der Waals surface area contributed by atoms with Crippen LogP contribution in [-0.2, 0) is 11.2 Å². The summed E-state index contributed by atoms with van der Waals surface area (Å²) < 4.78 is 5.48. The molecule has 0 spiro atoms. The average Bonchev–Trinajstić information content (AvgIpc) is 2.61. The number of ether oxygens (including phenoxy) is 1. The average molecular weight is 339 g/mol. The van der Waals surface area contributed by atoms with Crippen LogP contribution in [0.25, 0.3) is 0 Å². The second-order valence-electron chi connectivity index (χ2n) is 5.03. The number of non-ortho nitro benzene ring substituents is 1. The summed E-state index contributed by atoms with van der Waals surface area (Å²) in [6.07, 6.45) is 3.73. The number of carbonyl (C=O) groups is 1. The smallest absolute Gasteiger partial charge is 0.277 e. The normalized spacial score (nSPS) is 10.4. The number of nitrogens with zero attached hydrogens (tertiary/aromatic N) is 2. The summed E-state index contributed by atoms with van der Waals surface area (Å²) in [6.45, 7) is 3.49. The number of rotatable bonds is 8. The van der Waals surface area contributed by atoms with Crippen molar-refractivity contribution in [2.24, 2.45) is 5.10 Å². The predicted octanol–water partition coefficient (Wildman–Crippen LogP) is 2.85. The molecule has 1 N–H and O–H groups in total. The fraction of sp³-hybridized carbons (Fsp3) is 0.111. The van der Waals surface area contributed by atoms with Crippen LogP contribution in [0.1, 0.15) is 11.1 Å². The van der Waals surface area contributed by atoms with Gasteiger partial charge in [-0.3, -0.25) is 14.9 Å². The summed E-state index contributed by atoms with van der Waals surface area (Å²) in [7, 11) is 0. The maximum Gasteiger partial charge on any atom is 0.277 e. The lowest BCUT2D eigenvalue weighted by Gasteiger charge is -2.09. The molecule has 0 saturated heterocycles. The molecule has 0 unspecified atom stereocenters. The number of carbonyl (C=O) groups excluding carboxylic acids is 1. The predicted molar refractivity (Wildman–Crippen MR) is 94.7 cm³/mol. The van der Waals surface area contributed by atoms with Gasteiger partial charge in [0.05, 0.1) is 11.1 Å².